The zero-order valence-corrected chi connectivity index (χ0v) is 13.2. The highest BCUT2D eigenvalue weighted by Crippen LogP contribution is 2.24. The minimum absolute atomic E-state index is 0.0936. The number of carbonyl (C=O) groups is 2. The van der Waals surface area contributed by atoms with Gasteiger partial charge >= 0.3 is 0 Å². The normalized spacial score (nSPS) is 19.7. The first-order valence-corrected chi connectivity index (χ1v) is 7.29. The van der Waals surface area contributed by atoms with E-state index in [4.69, 9.17) is 0 Å². The molecule has 0 saturated carbocycles. The maximum atomic E-state index is 12.1. The molecular formula is C15H24N4O2. The first-order chi connectivity index (χ1) is 9.90. The molecule has 0 fully saturated rings. The summed E-state index contributed by atoms with van der Waals surface area (Å²) in [4.78, 5) is 27.5. The molecule has 2 atom stereocenters. The topological polar surface area (TPSA) is 57.6 Å². The zero-order chi connectivity index (χ0) is 15.6. The van der Waals surface area contributed by atoms with E-state index >= 15 is 0 Å². The highest BCUT2D eigenvalue weighted by Gasteiger charge is 2.26. The van der Waals surface area contributed by atoms with Gasteiger partial charge in [-0.15, -0.1) is 0 Å². The highest BCUT2D eigenvalue weighted by molar-refractivity contribution is 5.87. The van der Waals surface area contributed by atoms with Crippen LogP contribution in [-0.2, 0) is 16.1 Å². The third-order valence-electron chi connectivity index (χ3n) is 4.00. The molecule has 6 heteroatoms. The summed E-state index contributed by atoms with van der Waals surface area (Å²) in [7, 11) is 3.37. The van der Waals surface area contributed by atoms with Crippen molar-refractivity contribution >= 4 is 11.8 Å². The van der Waals surface area contributed by atoms with Gasteiger partial charge < -0.3 is 14.8 Å². The van der Waals surface area contributed by atoms with Crippen molar-refractivity contribution in [2.75, 3.05) is 27.2 Å². The fourth-order valence-electron chi connectivity index (χ4n) is 2.76. The van der Waals surface area contributed by atoms with E-state index in [1.165, 1.54) is 10.6 Å². The summed E-state index contributed by atoms with van der Waals surface area (Å²) in [6.07, 6.45) is 2.07. The maximum absolute atomic E-state index is 12.1. The molecule has 0 bridgehead atoms. The van der Waals surface area contributed by atoms with E-state index in [2.05, 4.69) is 34.0 Å². The minimum atomic E-state index is -0.489. The van der Waals surface area contributed by atoms with Gasteiger partial charge in [0.1, 0.15) is 6.04 Å². The number of rotatable bonds is 4. The van der Waals surface area contributed by atoms with Gasteiger partial charge in [0.2, 0.25) is 11.8 Å². The fourth-order valence-corrected chi connectivity index (χ4v) is 2.76. The van der Waals surface area contributed by atoms with Crippen LogP contribution >= 0.6 is 0 Å². The quantitative estimate of drug-likeness (QED) is 0.877. The Morgan fingerprint density at radius 3 is 2.81 bits per heavy atom. The van der Waals surface area contributed by atoms with Gasteiger partial charge in [0.25, 0.3) is 0 Å². The molecule has 1 aliphatic heterocycles. The summed E-state index contributed by atoms with van der Waals surface area (Å²) < 4.78 is 2.22. The molecule has 0 saturated heterocycles. The molecule has 2 heterocycles. The molecule has 1 N–H and O–H groups in total. The number of likely N-dealkylation sites (N-methyl/N-ethyl adjacent to an activating group) is 1. The van der Waals surface area contributed by atoms with Crippen molar-refractivity contribution < 1.29 is 9.59 Å². The van der Waals surface area contributed by atoms with Crippen LogP contribution in [0.25, 0.3) is 0 Å². The monoisotopic (exact) mass is 292 g/mol. The van der Waals surface area contributed by atoms with Crippen LogP contribution in [0.15, 0.2) is 18.3 Å². The van der Waals surface area contributed by atoms with E-state index < -0.39 is 6.04 Å². The largest absolute Gasteiger partial charge is 0.349 e. The fraction of sp³-hybridized carbons (Fsp3) is 0.600. The summed E-state index contributed by atoms with van der Waals surface area (Å²) in [5, 5.41) is 2.77. The molecule has 0 aliphatic carbocycles. The number of aromatic nitrogens is 1. The van der Waals surface area contributed by atoms with Crippen LogP contribution in [0.3, 0.4) is 0 Å². The smallest absolute Gasteiger partial charge is 0.244 e. The number of carbonyl (C=O) groups excluding carboxylic acids is 2. The second kappa shape index (κ2) is 6.30. The van der Waals surface area contributed by atoms with Crippen molar-refractivity contribution in [3.05, 3.63) is 24.0 Å². The molecule has 21 heavy (non-hydrogen) atoms. The van der Waals surface area contributed by atoms with E-state index in [-0.39, 0.29) is 17.9 Å². The highest BCUT2D eigenvalue weighted by atomic mass is 16.2. The number of hydrogen-bond donors (Lipinski definition) is 1. The van der Waals surface area contributed by atoms with Crippen LogP contribution in [-0.4, -0.2) is 59.4 Å². The molecule has 2 amide bonds. The predicted molar refractivity (Wildman–Crippen MR) is 80.7 cm³/mol. The SMILES string of the molecule is CC(NC(=O)CN1CCn2cccc2C1C)C(=O)N(C)C. The number of amides is 2. The Morgan fingerprint density at radius 1 is 1.43 bits per heavy atom. The van der Waals surface area contributed by atoms with Crippen molar-refractivity contribution in [1.29, 1.82) is 0 Å². The lowest BCUT2D eigenvalue weighted by Gasteiger charge is -2.34. The number of nitrogens with one attached hydrogen (secondary N) is 1. The Hall–Kier alpha value is -1.82. The Bertz CT molecular complexity index is 523. The maximum Gasteiger partial charge on any atom is 0.244 e. The Kier molecular flexibility index (Phi) is 4.67. The zero-order valence-electron chi connectivity index (χ0n) is 13.2. The first-order valence-electron chi connectivity index (χ1n) is 7.29. The van der Waals surface area contributed by atoms with Gasteiger partial charge in [-0.25, -0.2) is 0 Å². The van der Waals surface area contributed by atoms with Crippen molar-refractivity contribution in [3.63, 3.8) is 0 Å². The molecule has 2 unspecified atom stereocenters. The van der Waals surface area contributed by atoms with Gasteiger partial charge in [-0.05, 0) is 26.0 Å². The average molecular weight is 292 g/mol. The molecule has 6 nitrogen and oxygen atoms in total. The molecule has 0 aromatic carbocycles. The lowest BCUT2D eigenvalue weighted by molar-refractivity contribution is -0.134. The van der Waals surface area contributed by atoms with Gasteiger partial charge in [-0.3, -0.25) is 14.5 Å². The van der Waals surface area contributed by atoms with Gasteiger partial charge in [0.15, 0.2) is 0 Å². The summed E-state index contributed by atoms with van der Waals surface area (Å²) in [5.74, 6) is -0.200. The molecule has 1 aromatic heterocycles. The third kappa shape index (κ3) is 3.44. The molecule has 116 valence electrons. The van der Waals surface area contributed by atoms with Crippen LogP contribution in [0.1, 0.15) is 25.6 Å². The average Bonchev–Trinajstić information content (AvgIpc) is 2.90. The van der Waals surface area contributed by atoms with Crippen molar-refractivity contribution in [1.82, 2.24) is 19.7 Å². The number of hydrogen-bond acceptors (Lipinski definition) is 3. The van der Waals surface area contributed by atoms with E-state index in [9.17, 15) is 9.59 Å². The predicted octanol–water partition coefficient (Wildman–Crippen LogP) is 0.458. The van der Waals surface area contributed by atoms with Crippen molar-refractivity contribution in [3.8, 4) is 0 Å². The molecular weight excluding hydrogens is 268 g/mol. The summed E-state index contributed by atoms with van der Waals surface area (Å²) >= 11 is 0. The molecule has 0 spiro atoms. The molecule has 1 aromatic rings. The number of fused-ring (bicyclic) bond motifs is 1. The lowest BCUT2D eigenvalue weighted by atomic mass is 10.1. The van der Waals surface area contributed by atoms with E-state index in [1.807, 2.05) is 6.07 Å². The standard InChI is InChI=1S/C15H24N4O2/c1-11(15(21)17(3)4)16-14(20)10-19-9-8-18-7-5-6-13(18)12(19)2/h5-7,11-12H,8-10H2,1-4H3,(H,16,20). The van der Waals surface area contributed by atoms with Crippen LogP contribution in [0.4, 0.5) is 0 Å². The van der Waals surface area contributed by atoms with Crippen molar-refractivity contribution in [2.24, 2.45) is 0 Å². The summed E-state index contributed by atoms with van der Waals surface area (Å²) in [6.45, 7) is 5.87. The van der Waals surface area contributed by atoms with Gasteiger partial charge in [-0.1, -0.05) is 0 Å². The molecule has 2 rings (SSSR count). The van der Waals surface area contributed by atoms with Crippen LogP contribution in [0.5, 0.6) is 0 Å². The van der Waals surface area contributed by atoms with Crippen LogP contribution in [0.2, 0.25) is 0 Å². The van der Waals surface area contributed by atoms with Gasteiger partial charge in [0, 0.05) is 45.1 Å². The number of nitrogens with zero attached hydrogens (tertiary/aromatic N) is 3. The van der Waals surface area contributed by atoms with E-state index in [0.29, 0.717) is 6.54 Å². The van der Waals surface area contributed by atoms with E-state index in [0.717, 1.165) is 13.1 Å². The Labute approximate surface area is 125 Å². The Morgan fingerprint density at radius 2 is 2.14 bits per heavy atom. The van der Waals surface area contributed by atoms with Gasteiger partial charge in [0.05, 0.1) is 6.54 Å². The minimum Gasteiger partial charge on any atom is -0.349 e. The van der Waals surface area contributed by atoms with E-state index in [1.54, 1.807) is 21.0 Å². The lowest BCUT2D eigenvalue weighted by Crippen LogP contribution is -2.49. The second-order valence-electron chi connectivity index (χ2n) is 5.79. The van der Waals surface area contributed by atoms with Crippen LogP contribution in [0, 0.1) is 0 Å². The molecule has 1 aliphatic rings. The Balaban J connectivity index is 1.91. The van der Waals surface area contributed by atoms with Crippen LogP contribution < -0.4 is 5.32 Å². The second-order valence-corrected chi connectivity index (χ2v) is 5.79. The van der Waals surface area contributed by atoms with Gasteiger partial charge in [-0.2, -0.15) is 0 Å². The van der Waals surface area contributed by atoms with Crippen molar-refractivity contribution in [2.45, 2.75) is 32.5 Å². The summed E-state index contributed by atoms with van der Waals surface area (Å²) in [5.41, 5.74) is 1.23. The summed E-state index contributed by atoms with van der Waals surface area (Å²) in [6, 6.07) is 3.84. The first kappa shape index (κ1) is 15.6. The third-order valence-corrected chi connectivity index (χ3v) is 4.00. The molecule has 0 radical (unpaired) electrons.